The van der Waals surface area contributed by atoms with Gasteiger partial charge in [0, 0.05) is 13.1 Å². The highest BCUT2D eigenvalue weighted by molar-refractivity contribution is 5.98. The Morgan fingerprint density at radius 2 is 2.09 bits per heavy atom. The minimum atomic E-state index is -1.15. The molecule has 2 bridgehead atoms. The molecule has 180 valence electrons. The smallest absolute Gasteiger partial charge is 0.310 e. The molecule has 3 fully saturated rings. The Hall–Kier alpha value is -1.93. The number of likely N-dealkylation sites (tertiary alicyclic amines) is 1. The van der Waals surface area contributed by atoms with E-state index in [2.05, 4.69) is 13.5 Å². The van der Waals surface area contributed by atoms with Crippen molar-refractivity contribution < 1.29 is 29.3 Å². The van der Waals surface area contributed by atoms with Gasteiger partial charge >= 0.3 is 5.97 Å². The third-order valence-corrected chi connectivity index (χ3v) is 7.80. The first-order chi connectivity index (χ1) is 15.3. The van der Waals surface area contributed by atoms with Crippen molar-refractivity contribution in [3.8, 4) is 0 Å². The van der Waals surface area contributed by atoms with Crippen LogP contribution in [0, 0.1) is 17.8 Å². The molecule has 2 unspecified atom stereocenters. The maximum atomic E-state index is 14.0. The maximum Gasteiger partial charge on any atom is 0.310 e. The van der Waals surface area contributed by atoms with Gasteiger partial charge in [0.15, 0.2) is 0 Å². The first-order valence-electron chi connectivity index (χ1n) is 12.0. The van der Waals surface area contributed by atoms with Crippen molar-refractivity contribution in [2.24, 2.45) is 17.8 Å². The number of aliphatic hydroxyl groups is 1. The molecule has 32 heavy (non-hydrogen) atoms. The number of carboxylic acid groups (broad SMARTS) is 1. The number of rotatable bonds is 12. The van der Waals surface area contributed by atoms with E-state index in [4.69, 9.17) is 4.74 Å². The molecule has 0 radical (unpaired) electrons. The highest BCUT2D eigenvalue weighted by Gasteiger charge is 2.75. The summed E-state index contributed by atoms with van der Waals surface area (Å²) >= 11 is 0. The largest absolute Gasteiger partial charge is 0.481 e. The van der Waals surface area contributed by atoms with E-state index >= 15 is 0 Å². The van der Waals surface area contributed by atoms with Gasteiger partial charge < -0.3 is 24.7 Å². The van der Waals surface area contributed by atoms with E-state index in [9.17, 15) is 24.6 Å². The molecule has 8 nitrogen and oxygen atoms in total. The normalized spacial score (nSPS) is 32.6. The average molecular weight is 451 g/mol. The minimum Gasteiger partial charge on any atom is -0.481 e. The van der Waals surface area contributed by atoms with Crippen molar-refractivity contribution in [2.75, 3.05) is 19.7 Å². The van der Waals surface area contributed by atoms with Crippen molar-refractivity contribution in [2.45, 2.75) is 83.1 Å². The fraction of sp³-hybridized carbons (Fsp3) is 0.792. The number of amides is 2. The number of unbranched alkanes of at least 4 members (excludes halogenated alkanes) is 2. The summed E-state index contributed by atoms with van der Waals surface area (Å²) in [7, 11) is 0. The van der Waals surface area contributed by atoms with Gasteiger partial charge in [-0.05, 0) is 25.2 Å². The second-order valence-corrected chi connectivity index (χ2v) is 9.56. The molecule has 3 aliphatic heterocycles. The summed E-state index contributed by atoms with van der Waals surface area (Å²) < 4.78 is 6.26. The number of aliphatic hydroxyl groups excluding tert-OH is 1. The van der Waals surface area contributed by atoms with Crippen LogP contribution in [0.5, 0.6) is 0 Å². The summed E-state index contributed by atoms with van der Waals surface area (Å²) in [4.78, 5) is 43.0. The molecule has 0 aromatic carbocycles. The van der Waals surface area contributed by atoms with Crippen LogP contribution in [-0.2, 0) is 19.1 Å². The molecular weight excluding hydrogens is 412 g/mol. The molecule has 3 rings (SSSR count). The number of fused-ring (bicyclic) bond motifs is 1. The monoisotopic (exact) mass is 450 g/mol. The second kappa shape index (κ2) is 9.91. The molecule has 2 N–H and O–H groups in total. The highest BCUT2D eigenvalue weighted by Crippen LogP contribution is 2.59. The summed E-state index contributed by atoms with van der Waals surface area (Å²) in [5.74, 6) is -3.57. The van der Waals surface area contributed by atoms with E-state index in [1.165, 1.54) is 4.90 Å². The van der Waals surface area contributed by atoms with Gasteiger partial charge in [0.25, 0.3) is 0 Å². The molecule has 0 aromatic rings. The van der Waals surface area contributed by atoms with Crippen LogP contribution in [0.15, 0.2) is 12.7 Å². The van der Waals surface area contributed by atoms with Crippen LogP contribution < -0.4 is 0 Å². The number of hydrogen-bond acceptors (Lipinski definition) is 5. The number of ether oxygens (including phenoxy) is 1. The second-order valence-electron chi connectivity index (χ2n) is 9.56. The van der Waals surface area contributed by atoms with Crippen molar-refractivity contribution in [1.29, 1.82) is 0 Å². The molecule has 0 aliphatic carbocycles. The predicted octanol–water partition coefficient (Wildman–Crippen LogP) is 2.06. The molecule has 1 spiro atoms. The fourth-order valence-corrected chi connectivity index (χ4v) is 6.00. The molecule has 2 amide bonds. The summed E-state index contributed by atoms with van der Waals surface area (Å²) in [6.07, 6.45) is 5.66. The molecule has 0 saturated carbocycles. The Kier molecular flexibility index (Phi) is 7.65. The third-order valence-electron chi connectivity index (χ3n) is 7.80. The molecule has 3 heterocycles. The topological polar surface area (TPSA) is 107 Å². The van der Waals surface area contributed by atoms with Gasteiger partial charge in [0.05, 0.1) is 30.6 Å². The lowest BCUT2D eigenvalue weighted by Gasteiger charge is -2.41. The molecule has 8 heteroatoms. The molecule has 3 saturated heterocycles. The first-order valence-corrected chi connectivity index (χ1v) is 12.0. The molecular formula is C24H38N2O6. The van der Waals surface area contributed by atoms with Gasteiger partial charge in [-0.15, -0.1) is 6.58 Å². The molecule has 7 atom stereocenters. The highest BCUT2D eigenvalue weighted by atomic mass is 16.5. The Morgan fingerprint density at radius 1 is 1.38 bits per heavy atom. The van der Waals surface area contributed by atoms with Crippen molar-refractivity contribution in [3.63, 3.8) is 0 Å². The number of hydrogen-bond donors (Lipinski definition) is 2. The van der Waals surface area contributed by atoms with E-state index < -0.39 is 41.6 Å². The zero-order valence-corrected chi connectivity index (χ0v) is 19.5. The van der Waals surface area contributed by atoms with Gasteiger partial charge in [0.2, 0.25) is 11.8 Å². The molecule has 3 aliphatic rings. The van der Waals surface area contributed by atoms with E-state index in [-0.39, 0.29) is 24.3 Å². The maximum absolute atomic E-state index is 14.0. The van der Waals surface area contributed by atoms with E-state index in [0.29, 0.717) is 32.4 Å². The van der Waals surface area contributed by atoms with Crippen LogP contribution in [-0.4, -0.2) is 81.3 Å². The Bertz CT molecular complexity index is 742. The van der Waals surface area contributed by atoms with Crippen LogP contribution >= 0.6 is 0 Å². The SMILES string of the molecule is C=CCN(CCCCC)C(=O)C1N([C@@H](CO)[C@@H](C)CC)C(=O)[C@@H]2[C@H](C(=O)O)[C@@H]3CCC12O3. The number of nitrogens with zero attached hydrogens (tertiary/aromatic N) is 2. The fourth-order valence-electron chi connectivity index (χ4n) is 6.00. The summed E-state index contributed by atoms with van der Waals surface area (Å²) in [6.45, 7) is 10.4. The van der Waals surface area contributed by atoms with E-state index in [1.54, 1.807) is 11.0 Å². The summed E-state index contributed by atoms with van der Waals surface area (Å²) in [5.41, 5.74) is -1.15. The average Bonchev–Trinajstić information content (AvgIpc) is 3.41. The van der Waals surface area contributed by atoms with Gasteiger partial charge in [0.1, 0.15) is 11.6 Å². The van der Waals surface area contributed by atoms with Crippen molar-refractivity contribution in [3.05, 3.63) is 12.7 Å². The minimum absolute atomic E-state index is 0.0529. The lowest BCUT2D eigenvalue weighted by Crippen LogP contribution is -2.59. The lowest BCUT2D eigenvalue weighted by molar-refractivity contribution is -0.154. The van der Waals surface area contributed by atoms with Gasteiger partial charge in [-0.1, -0.05) is 46.1 Å². The number of carboxylic acids is 1. The Labute approximate surface area is 190 Å². The number of carbonyl (C=O) groups excluding carboxylic acids is 2. The number of carbonyl (C=O) groups is 3. The standard InChI is InChI=1S/C24H38N2O6/c1-5-8-9-13-25(12-6-2)22(29)20-24-11-10-17(32-24)18(23(30)31)19(24)21(28)26(20)16(14-27)15(4)7-3/h6,15-20,27H,2,5,7-14H2,1,3-4H3,(H,30,31)/t15-,16-,17-,18+,19-,20?,24?/m0/s1. The molecule has 0 aromatic heterocycles. The van der Waals surface area contributed by atoms with Gasteiger partial charge in [-0.2, -0.15) is 0 Å². The Morgan fingerprint density at radius 3 is 2.66 bits per heavy atom. The van der Waals surface area contributed by atoms with Crippen molar-refractivity contribution >= 4 is 17.8 Å². The Balaban J connectivity index is 2.05. The lowest BCUT2D eigenvalue weighted by atomic mass is 9.70. The van der Waals surface area contributed by atoms with Crippen molar-refractivity contribution in [1.82, 2.24) is 9.80 Å². The van der Waals surface area contributed by atoms with Crippen LogP contribution in [0.1, 0.15) is 59.3 Å². The predicted molar refractivity (Wildman–Crippen MR) is 119 cm³/mol. The quantitative estimate of drug-likeness (QED) is 0.348. The first kappa shape index (κ1) is 24.7. The van der Waals surface area contributed by atoms with Gasteiger partial charge in [-0.3, -0.25) is 14.4 Å². The summed E-state index contributed by atoms with van der Waals surface area (Å²) in [5, 5.41) is 20.1. The van der Waals surface area contributed by atoms with Crippen LogP contribution in [0.3, 0.4) is 0 Å². The van der Waals surface area contributed by atoms with Crippen LogP contribution in [0.2, 0.25) is 0 Å². The van der Waals surface area contributed by atoms with E-state index in [0.717, 1.165) is 19.3 Å². The summed E-state index contributed by atoms with van der Waals surface area (Å²) in [6, 6.07) is -1.50. The van der Waals surface area contributed by atoms with Gasteiger partial charge in [-0.25, -0.2) is 0 Å². The number of aliphatic carboxylic acids is 1. The zero-order valence-electron chi connectivity index (χ0n) is 19.5. The van der Waals surface area contributed by atoms with E-state index in [1.807, 2.05) is 13.8 Å². The van der Waals surface area contributed by atoms with Crippen LogP contribution in [0.4, 0.5) is 0 Å². The zero-order chi connectivity index (χ0) is 23.6. The van der Waals surface area contributed by atoms with Crippen LogP contribution in [0.25, 0.3) is 0 Å². The third kappa shape index (κ3) is 3.85.